The Kier molecular flexibility index (Phi) is 1.65. The monoisotopic (exact) mass is 190 g/mol. The molecule has 1 aliphatic rings. The van der Waals surface area contributed by atoms with Gasteiger partial charge in [-0.3, -0.25) is 0 Å². The van der Waals surface area contributed by atoms with Crippen molar-refractivity contribution in [2.24, 2.45) is 0 Å². The zero-order chi connectivity index (χ0) is 9.38. The van der Waals surface area contributed by atoms with E-state index in [4.69, 9.17) is 0 Å². The van der Waals surface area contributed by atoms with Crippen molar-refractivity contribution in [2.45, 2.75) is 26.2 Å². The van der Waals surface area contributed by atoms with Gasteiger partial charge in [-0.2, -0.15) is 9.36 Å². The van der Waals surface area contributed by atoms with Crippen LogP contribution in [0.3, 0.4) is 0 Å². The molecule has 0 amide bonds. The fourth-order valence-corrected chi connectivity index (χ4v) is 2.04. The SMILES string of the molecule is c1cn2[n+](c1)CCn1ccc[n+]1CC2. The molecule has 72 valence electrons. The number of aryl methyl sites for hydroxylation is 4. The topological polar surface area (TPSA) is 17.6 Å². The Morgan fingerprint density at radius 3 is 1.79 bits per heavy atom. The Balaban J connectivity index is 1.96. The van der Waals surface area contributed by atoms with Gasteiger partial charge in [-0.25, -0.2) is 0 Å². The predicted molar refractivity (Wildman–Crippen MR) is 49.3 cm³/mol. The minimum atomic E-state index is 1.04. The van der Waals surface area contributed by atoms with Crippen LogP contribution in [0, 0.1) is 0 Å². The van der Waals surface area contributed by atoms with Gasteiger partial charge in [-0.15, -0.1) is 9.36 Å². The summed E-state index contributed by atoms with van der Waals surface area (Å²) in [7, 11) is 0. The van der Waals surface area contributed by atoms with Crippen LogP contribution in [0.4, 0.5) is 0 Å². The van der Waals surface area contributed by atoms with E-state index in [0.717, 1.165) is 26.2 Å². The maximum atomic E-state index is 2.27. The average Bonchev–Trinajstić information content (AvgIpc) is 2.75. The molecule has 3 rings (SSSR count). The third kappa shape index (κ3) is 1.14. The fourth-order valence-electron chi connectivity index (χ4n) is 2.04. The molecule has 3 heterocycles. The molecule has 0 unspecified atom stereocenters. The summed E-state index contributed by atoms with van der Waals surface area (Å²) in [6.45, 7) is 4.17. The molecule has 2 aromatic rings. The van der Waals surface area contributed by atoms with Gasteiger partial charge in [-0.05, 0) is 0 Å². The van der Waals surface area contributed by atoms with Gasteiger partial charge >= 0.3 is 0 Å². The van der Waals surface area contributed by atoms with Gasteiger partial charge in [0, 0.05) is 12.1 Å². The molecule has 0 atom stereocenters. The highest BCUT2D eigenvalue weighted by Crippen LogP contribution is 1.91. The summed E-state index contributed by atoms with van der Waals surface area (Å²) in [6.07, 6.45) is 8.55. The highest BCUT2D eigenvalue weighted by Gasteiger charge is 2.17. The van der Waals surface area contributed by atoms with Crippen LogP contribution in [0.1, 0.15) is 0 Å². The Bertz CT molecular complexity index is 361. The number of aromatic nitrogens is 4. The summed E-state index contributed by atoms with van der Waals surface area (Å²) >= 11 is 0. The molecule has 0 bridgehead atoms. The number of rotatable bonds is 0. The first-order chi connectivity index (χ1) is 6.93. The molecule has 0 spiro atoms. The van der Waals surface area contributed by atoms with Crippen molar-refractivity contribution in [1.29, 1.82) is 0 Å². The number of nitrogens with zero attached hydrogens (tertiary/aromatic N) is 4. The molecule has 4 heteroatoms. The summed E-state index contributed by atoms with van der Waals surface area (Å²) in [6, 6.07) is 4.20. The standard InChI is InChI=1S/C10H14N4/c1-3-11-7-9-13-5-2-6-14(13)10-8-12(11)4-1/h1-6H,7-10H2/q+2. The lowest BCUT2D eigenvalue weighted by Gasteiger charge is -2.06. The highest BCUT2D eigenvalue weighted by atomic mass is 15.5. The van der Waals surface area contributed by atoms with E-state index in [1.807, 2.05) is 0 Å². The molecule has 0 saturated carbocycles. The van der Waals surface area contributed by atoms with E-state index in [2.05, 4.69) is 55.6 Å². The molecule has 2 aromatic heterocycles. The van der Waals surface area contributed by atoms with Crippen molar-refractivity contribution >= 4 is 0 Å². The van der Waals surface area contributed by atoms with Gasteiger partial charge in [-0.1, -0.05) is 0 Å². The predicted octanol–water partition coefficient (Wildman–Crippen LogP) is -0.422. The van der Waals surface area contributed by atoms with Gasteiger partial charge in [0.05, 0.1) is 12.4 Å². The summed E-state index contributed by atoms with van der Waals surface area (Å²) in [5.74, 6) is 0. The van der Waals surface area contributed by atoms with E-state index in [9.17, 15) is 0 Å². The number of hydrogen-bond acceptors (Lipinski definition) is 0. The van der Waals surface area contributed by atoms with Crippen molar-refractivity contribution in [3.8, 4) is 0 Å². The van der Waals surface area contributed by atoms with Crippen LogP contribution in [-0.2, 0) is 26.2 Å². The Morgan fingerprint density at radius 2 is 1.29 bits per heavy atom. The highest BCUT2D eigenvalue weighted by molar-refractivity contribution is 4.73. The molecule has 0 aliphatic carbocycles. The van der Waals surface area contributed by atoms with Gasteiger partial charge in [0.25, 0.3) is 0 Å². The molecule has 0 aromatic carbocycles. The first-order valence-electron chi connectivity index (χ1n) is 5.03. The van der Waals surface area contributed by atoms with E-state index in [-0.39, 0.29) is 0 Å². The van der Waals surface area contributed by atoms with Crippen LogP contribution in [0.2, 0.25) is 0 Å². The zero-order valence-corrected chi connectivity index (χ0v) is 8.08. The summed E-state index contributed by atoms with van der Waals surface area (Å²) in [4.78, 5) is 0. The van der Waals surface area contributed by atoms with Crippen LogP contribution < -0.4 is 9.36 Å². The van der Waals surface area contributed by atoms with Crippen LogP contribution in [0.15, 0.2) is 36.9 Å². The molecule has 0 radical (unpaired) electrons. The van der Waals surface area contributed by atoms with Crippen molar-refractivity contribution in [3.63, 3.8) is 0 Å². The van der Waals surface area contributed by atoms with E-state index in [1.54, 1.807) is 0 Å². The van der Waals surface area contributed by atoms with Crippen molar-refractivity contribution < 1.29 is 9.36 Å². The molecule has 0 saturated heterocycles. The van der Waals surface area contributed by atoms with Crippen LogP contribution >= 0.6 is 0 Å². The largest absolute Gasteiger partial charge is 0.195 e. The second-order valence-corrected chi connectivity index (χ2v) is 3.63. The lowest BCUT2D eigenvalue weighted by atomic mass is 10.6. The molecule has 0 fully saturated rings. The lowest BCUT2D eigenvalue weighted by molar-refractivity contribution is -0.825. The molecule has 1 aliphatic heterocycles. The summed E-state index contributed by atoms with van der Waals surface area (Å²) < 4.78 is 9.07. The quantitative estimate of drug-likeness (QED) is 0.502. The summed E-state index contributed by atoms with van der Waals surface area (Å²) in [5.41, 5.74) is 0. The molecule has 14 heavy (non-hydrogen) atoms. The van der Waals surface area contributed by atoms with E-state index in [0.29, 0.717) is 0 Å². The molecule has 0 N–H and O–H groups in total. The van der Waals surface area contributed by atoms with Gasteiger partial charge in [0.2, 0.25) is 0 Å². The number of hydrogen-bond donors (Lipinski definition) is 0. The molecular weight excluding hydrogens is 176 g/mol. The van der Waals surface area contributed by atoms with E-state index < -0.39 is 0 Å². The minimum absolute atomic E-state index is 1.04. The Morgan fingerprint density at radius 1 is 0.786 bits per heavy atom. The maximum Gasteiger partial charge on any atom is 0.195 e. The summed E-state index contributed by atoms with van der Waals surface area (Å²) in [5, 5.41) is 0. The van der Waals surface area contributed by atoms with Gasteiger partial charge < -0.3 is 0 Å². The smallest absolute Gasteiger partial charge is 0.154 e. The zero-order valence-electron chi connectivity index (χ0n) is 8.08. The molecular formula is C10H14N4+2. The normalized spacial score (nSPS) is 15.4. The average molecular weight is 190 g/mol. The van der Waals surface area contributed by atoms with Crippen molar-refractivity contribution in [2.75, 3.05) is 0 Å². The lowest BCUT2D eigenvalue weighted by Crippen LogP contribution is -2.54. The Hall–Kier alpha value is -1.58. The van der Waals surface area contributed by atoms with Gasteiger partial charge in [0.1, 0.15) is 13.1 Å². The van der Waals surface area contributed by atoms with E-state index >= 15 is 0 Å². The third-order valence-corrected chi connectivity index (χ3v) is 2.81. The van der Waals surface area contributed by atoms with Crippen LogP contribution in [0.5, 0.6) is 0 Å². The van der Waals surface area contributed by atoms with Crippen LogP contribution in [0.25, 0.3) is 0 Å². The first kappa shape index (κ1) is 7.79. The van der Waals surface area contributed by atoms with E-state index in [1.165, 1.54) is 0 Å². The Labute approximate surface area is 82.6 Å². The van der Waals surface area contributed by atoms with Crippen LogP contribution in [-0.4, -0.2) is 9.36 Å². The van der Waals surface area contributed by atoms with Gasteiger partial charge in [0.15, 0.2) is 25.5 Å². The second-order valence-electron chi connectivity index (χ2n) is 3.63. The number of fused-ring (bicyclic) bond motifs is 2. The maximum absolute atomic E-state index is 2.27. The second kappa shape index (κ2) is 2.97. The fraction of sp³-hybridized carbons (Fsp3) is 0.400. The van der Waals surface area contributed by atoms with Crippen molar-refractivity contribution in [1.82, 2.24) is 9.36 Å². The molecule has 4 nitrogen and oxygen atoms in total. The third-order valence-electron chi connectivity index (χ3n) is 2.81. The first-order valence-corrected chi connectivity index (χ1v) is 5.03. The van der Waals surface area contributed by atoms with Crippen molar-refractivity contribution in [3.05, 3.63) is 36.9 Å². The minimum Gasteiger partial charge on any atom is -0.154 e.